The van der Waals surface area contributed by atoms with Gasteiger partial charge in [-0.2, -0.15) is 0 Å². The molecule has 0 bridgehead atoms. The highest BCUT2D eigenvalue weighted by Crippen LogP contribution is 2.40. The highest BCUT2D eigenvalue weighted by molar-refractivity contribution is 9.10. The molecule has 1 amide bonds. The molecule has 1 aromatic heterocycles. The zero-order valence-electron chi connectivity index (χ0n) is 14.2. The van der Waals surface area contributed by atoms with E-state index >= 15 is 0 Å². The van der Waals surface area contributed by atoms with Crippen molar-refractivity contribution in [3.05, 3.63) is 95.2 Å². The number of amides is 1. The first-order chi connectivity index (χ1) is 13.2. The molecular formula is C22H15BrN2OS. The number of benzene rings is 3. The second-order valence-corrected chi connectivity index (χ2v) is 7.83. The lowest BCUT2D eigenvalue weighted by Gasteiger charge is -2.14. The number of nitrogens with one attached hydrogen (secondary N) is 1. The van der Waals surface area contributed by atoms with E-state index in [2.05, 4.69) is 44.4 Å². The zero-order valence-corrected chi connectivity index (χ0v) is 16.6. The fourth-order valence-electron chi connectivity index (χ4n) is 2.83. The minimum absolute atomic E-state index is 0.223. The smallest absolute Gasteiger partial charge is 0.274 e. The number of pyridine rings is 1. The number of nitrogens with zero attached hydrogens (tertiary/aromatic N) is 1. The van der Waals surface area contributed by atoms with E-state index in [1.807, 2.05) is 42.5 Å². The quantitative estimate of drug-likeness (QED) is 0.403. The predicted octanol–water partition coefficient (Wildman–Crippen LogP) is 6.40. The van der Waals surface area contributed by atoms with Gasteiger partial charge < -0.3 is 5.32 Å². The fourth-order valence-corrected chi connectivity index (χ4v) is 4.30. The number of rotatable bonds is 4. The number of hydrogen-bond acceptors (Lipinski definition) is 3. The summed E-state index contributed by atoms with van der Waals surface area (Å²) in [7, 11) is 0. The van der Waals surface area contributed by atoms with Crippen molar-refractivity contribution < 1.29 is 4.79 Å². The molecule has 4 rings (SSSR count). The lowest BCUT2D eigenvalue weighted by atomic mass is 10.1. The zero-order chi connectivity index (χ0) is 18.6. The molecule has 132 valence electrons. The largest absolute Gasteiger partial charge is 0.320 e. The van der Waals surface area contributed by atoms with Crippen LogP contribution in [0.2, 0.25) is 0 Å². The molecule has 0 radical (unpaired) electrons. The molecule has 0 atom stereocenters. The van der Waals surface area contributed by atoms with Crippen LogP contribution < -0.4 is 5.32 Å². The van der Waals surface area contributed by atoms with Crippen LogP contribution in [0.4, 0.5) is 5.69 Å². The van der Waals surface area contributed by atoms with Gasteiger partial charge in [0.2, 0.25) is 0 Å². The van der Waals surface area contributed by atoms with Gasteiger partial charge in [0.1, 0.15) is 5.69 Å². The van der Waals surface area contributed by atoms with Crippen molar-refractivity contribution in [3.8, 4) is 0 Å². The van der Waals surface area contributed by atoms with Crippen LogP contribution in [0.5, 0.6) is 0 Å². The number of halogens is 1. The van der Waals surface area contributed by atoms with E-state index < -0.39 is 0 Å². The molecule has 4 aromatic rings. The van der Waals surface area contributed by atoms with Crippen molar-refractivity contribution in [1.29, 1.82) is 0 Å². The Hall–Kier alpha value is -2.63. The lowest BCUT2D eigenvalue weighted by molar-refractivity contribution is 0.102. The number of fused-ring (bicyclic) bond motifs is 1. The van der Waals surface area contributed by atoms with E-state index in [0.717, 1.165) is 30.7 Å². The summed E-state index contributed by atoms with van der Waals surface area (Å²) in [5, 5.41) is 5.07. The van der Waals surface area contributed by atoms with Crippen molar-refractivity contribution in [2.75, 3.05) is 5.32 Å². The Morgan fingerprint density at radius 3 is 2.48 bits per heavy atom. The molecule has 3 aromatic carbocycles. The Bertz CT molecular complexity index is 1100. The third-order valence-corrected chi connectivity index (χ3v) is 5.83. The Kier molecular flexibility index (Phi) is 5.23. The first kappa shape index (κ1) is 17.8. The number of carbonyl (C=O) groups excluding carboxylic acids is 1. The van der Waals surface area contributed by atoms with Crippen molar-refractivity contribution >= 4 is 50.1 Å². The van der Waals surface area contributed by atoms with Gasteiger partial charge in [0, 0.05) is 25.8 Å². The Balaban J connectivity index is 1.78. The molecule has 0 spiro atoms. The number of hydrogen-bond donors (Lipinski definition) is 1. The Labute approximate surface area is 170 Å². The Morgan fingerprint density at radius 2 is 1.70 bits per heavy atom. The van der Waals surface area contributed by atoms with Crippen LogP contribution in [0, 0.1) is 0 Å². The predicted molar refractivity (Wildman–Crippen MR) is 114 cm³/mol. The normalized spacial score (nSPS) is 10.7. The third-order valence-electron chi connectivity index (χ3n) is 4.07. The second kappa shape index (κ2) is 7.94. The minimum atomic E-state index is -0.223. The second-order valence-electron chi connectivity index (χ2n) is 5.86. The first-order valence-electron chi connectivity index (χ1n) is 8.39. The topological polar surface area (TPSA) is 42.0 Å². The Morgan fingerprint density at radius 1 is 0.889 bits per heavy atom. The molecule has 27 heavy (non-hydrogen) atoms. The van der Waals surface area contributed by atoms with Crippen LogP contribution in [-0.2, 0) is 0 Å². The van der Waals surface area contributed by atoms with E-state index in [-0.39, 0.29) is 5.91 Å². The molecule has 1 N–H and O–H groups in total. The molecule has 0 saturated heterocycles. The van der Waals surface area contributed by atoms with Crippen LogP contribution >= 0.6 is 27.7 Å². The summed E-state index contributed by atoms with van der Waals surface area (Å²) in [5.41, 5.74) is 1.16. The summed E-state index contributed by atoms with van der Waals surface area (Å²) < 4.78 is 0.990. The molecular weight excluding hydrogens is 420 g/mol. The van der Waals surface area contributed by atoms with Crippen LogP contribution in [0.25, 0.3) is 10.8 Å². The van der Waals surface area contributed by atoms with Crippen molar-refractivity contribution in [2.24, 2.45) is 0 Å². The summed E-state index contributed by atoms with van der Waals surface area (Å²) in [6.45, 7) is 0. The summed E-state index contributed by atoms with van der Waals surface area (Å²) >= 11 is 5.30. The van der Waals surface area contributed by atoms with Gasteiger partial charge in [-0.15, -0.1) is 0 Å². The number of carbonyl (C=O) groups is 1. The van der Waals surface area contributed by atoms with Gasteiger partial charge in [-0.3, -0.25) is 9.78 Å². The van der Waals surface area contributed by atoms with Crippen molar-refractivity contribution in [2.45, 2.75) is 9.79 Å². The van der Waals surface area contributed by atoms with E-state index in [9.17, 15) is 4.79 Å². The summed E-state index contributed by atoms with van der Waals surface area (Å²) in [6.07, 6.45) is 1.62. The number of aromatic nitrogens is 1. The van der Waals surface area contributed by atoms with Crippen LogP contribution in [-0.4, -0.2) is 10.9 Å². The third kappa shape index (κ3) is 3.89. The van der Waals surface area contributed by atoms with Gasteiger partial charge >= 0.3 is 0 Å². The summed E-state index contributed by atoms with van der Waals surface area (Å²) in [6, 6.07) is 25.5. The van der Waals surface area contributed by atoms with Gasteiger partial charge in [-0.25, -0.2) is 0 Å². The molecule has 0 saturated carbocycles. The van der Waals surface area contributed by atoms with Gasteiger partial charge in [0.05, 0.1) is 5.69 Å². The van der Waals surface area contributed by atoms with Crippen molar-refractivity contribution in [1.82, 2.24) is 4.98 Å². The van der Waals surface area contributed by atoms with Crippen LogP contribution in [0.15, 0.2) is 99.3 Å². The van der Waals surface area contributed by atoms with Gasteiger partial charge in [-0.05, 0) is 47.9 Å². The molecule has 3 nitrogen and oxygen atoms in total. The van der Waals surface area contributed by atoms with Crippen LogP contribution in [0.1, 0.15) is 10.5 Å². The maximum absolute atomic E-state index is 12.6. The first-order valence-corrected chi connectivity index (χ1v) is 10.00. The lowest BCUT2D eigenvalue weighted by Crippen LogP contribution is -2.13. The van der Waals surface area contributed by atoms with Gasteiger partial charge in [0.15, 0.2) is 0 Å². The molecule has 0 fully saturated rings. The maximum atomic E-state index is 12.6. The highest BCUT2D eigenvalue weighted by atomic mass is 79.9. The molecule has 0 aliphatic carbocycles. The van der Waals surface area contributed by atoms with E-state index in [0.29, 0.717) is 5.69 Å². The minimum Gasteiger partial charge on any atom is -0.320 e. The highest BCUT2D eigenvalue weighted by Gasteiger charge is 2.14. The molecule has 1 heterocycles. The summed E-state index contributed by atoms with van der Waals surface area (Å²) in [4.78, 5) is 19.0. The van der Waals surface area contributed by atoms with E-state index in [1.165, 1.54) is 0 Å². The van der Waals surface area contributed by atoms with E-state index in [1.54, 1.807) is 36.2 Å². The maximum Gasteiger partial charge on any atom is 0.274 e. The monoisotopic (exact) mass is 434 g/mol. The van der Waals surface area contributed by atoms with E-state index in [4.69, 9.17) is 0 Å². The molecule has 5 heteroatoms. The standard InChI is InChI=1S/C22H15BrN2OS/c23-17-12-13-18(25-22(26)19-10-4-5-14-24-19)21-16(17)9-6-11-20(21)27-15-7-2-1-3-8-15/h1-14H,(H,25,26). The average Bonchev–Trinajstić information content (AvgIpc) is 2.72. The fraction of sp³-hybridized carbons (Fsp3) is 0. The van der Waals surface area contributed by atoms with Gasteiger partial charge in [-0.1, -0.05) is 64.1 Å². The molecule has 0 unspecified atom stereocenters. The van der Waals surface area contributed by atoms with Crippen molar-refractivity contribution in [3.63, 3.8) is 0 Å². The van der Waals surface area contributed by atoms with Crippen LogP contribution in [0.3, 0.4) is 0 Å². The molecule has 0 aliphatic rings. The average molecular weight is 435 g/mol. The number of anilines is 1. The van der Waals surface area contributed by atoms with Gasteiger partial charge in [0.25, 0.3) is 5.91 Å². The molecule has 0 aliphatic heterocycles. The summed E-state index contributed by atoms with van der Waals surface area (Å²) in [5.74, 6) is -0.223. The SMILES string of the molecule is O=C(Nc1ccc(Br)c2cccc(Sc3ccccc3)c12)c1ccccn1.